The molecule has 0 saturated carbocycles. The molecule has 1 aromatic carbocycles. The van der Waals surface area contributed by atoms with E-state index in [4.69, 9.17) is 4.74 Å². The van der Waals surface area contributed by atoms with Gasteiger partial charge in [-0.25, -0.2) is 0 Å². The molecule has 1 amide bonds. The molecule has 0 saturated heterocycles. The van der Waals surface area contributed by atoms with Crippen LogP contribution in [0.2, 0.25) is 0 Å². The Balaban J connectivity index is 1.83. The van der Waals surface area contributed by atoms with Crippen LogP contribution in [-0.2, 0) is 0 Å². The zero-order chi connectivity index (χ0) is 15.5. The number of aliphatic hydroxyl groups excluding tert-OH is 1. The van der Waals surface area contributed by atoms with Crippen molar-refractivity contribution in [3.8, 4) is 17.0 Å². The lowest BCUT2D eigenvalue weighted by atomic mass is 10.1. The van der Waals surface area contributed by atoms with E-state index in [0.29, 0.717) is 17.9 Å². The number of aliphatic hydroxyl groups is 1. The first-order valence-corrected chi connectivity index (χ1v) is 7.01. The highest BCUT2D eigenvalue weighted by molar-refractivity contribution is 5.94. The highest BCUT2D eigenvalue weighted by atomic mass is 16.5. The summed E-state index contributed by atoms with van der Waals surface area (Å²) >= 11 is 0. The fourth-order valence-electron chi connectivity index (χ4n) is 2.48. The molecule has 2 N–H and O–H groups in total. The van der Waals surface area contributed by atoms with Crippen molar-refractivity contribution in [3.63, 3.8) is 0 Å². The molecule has 114 valence electrons. The van der Waals surface area contributed by atoms with Crippen LogP contribution >= 0.6 is 0 Å². The fourth-order valence-corrected chi connectivity index (χ4v) is 2.48. The van der Waals surface area contributed by atoms with Gasteiger partial charge in [0.25, 0.3) is 5.91 Å². The number of methoxy groups -OCH3 is 1. The summed E-state index contributed by atoms with van der Waals surface area (Å²) in [6, 6.07) is 8.93. The van der Waals surface area contributed by atoms with Gasteiger partial charge in [0.15, 0.2) is 0 Å². The fraction of sp³-hybridized carbons (Fsp3) is 0.250. The predicted molar refractivity (Wildman–Crippen MR) is 81.6 cm³/mol. The van der Waals surface area contributed by atoms with E-state index in [2.05, 4.69) is 10.2 Å². The van der Waals surface area contributed by atoms with E-state index in [-0.39, 0.29) is 18.6 Å². The number of amides is 1. The highest BCUT2D eigenvalue weighted by Crippen LogP contribution is 2.23. The van der Waals surface area contributed by atoms with Crippen molar-refractivity contribution in [1.29, 1.82) is 0 Å². The number of carbonyl (C=O) groups excluding carboxylic acids is 1. The van der Waals surface area contributed by atoms with Crippen LogP contribution in [0.5, 0.6) is 5.75 Å². The van der Waals surface area contributed by atoms with Crippen LogP contribution in [0.25, 0.3) is 11.3 Å². The first-order chi connectivity index (χ1) is 10.7. The van der Waals surface area contributed by atoms with Gasteiger partial charge >= 0.3 is 0 Å². The Labute approximate surface area is 128 Å². The van der Waals surface area contributed by atoms with Crippen LogP contribution in [0.15, 0.2) is 42.5 Å². The molecule has 2 aromatic rings. The summed E-state index contributed by atoms with van der Waals surface area (Å²) in [7, 11) is 1.61. The average Bonchev–Trinajstić information content (AvgIpc) is 3.23. The number of nitrogens with zero attached hydrogens (tertiary/aromatic N) is 2. The third kappa shape index (κ3) is 2.60. The number of carbonyl (C=O) groups is 1. The number of ether oxygens (including phenoxy) is 1. The third-order valence-corrected chi connectivity index (χ3v) is 3.68. The Morgan fingerprint density at radius 2 is 2.36 bits per heavy atom. The summed E-state index contributed by atoms with van der Waals surface area (Å²) in [4.78, 5) is 14.1. The molecule has 0 spiro atoms. The van der Waals surface area contributed by atoms with Gasteiger partial charge in [-0.15, -0.1) is 0 Å². The van der Waals surface area contributed by atoms with Crippen molar-refractivity contribution < 1.29 is 14.6 Å². The van der Waals surface area contributed by atoms with Gasteiger partial charge in [0.05, 0.1) is 25.5 Å². The zero-order valence-electron chi connectivity index (χ0n) is 12.2. The minimum atomic E-state index is -0.268. The minimum Gasteiger partial charge on any atom is -0.497 e. The van der Waals surface area contributed by atoms with Gasteiger partial charge in [-0.3, -0.25) is 9.89 Å². The summed E-state index contributed by atoms with van der Waals surface area (Å²) < 4.78 is 5.19. The van der Waals surface area contributed by atoms with Crippen LogP contribution in [-0.4, -0.2) is 52.4 Å². The van der Waals surface area contributed by atoms with E-state index < -0.39 is 0 Å². The van der Waals surface area contributed by atoms with Gasteiger partial charge in [-0.1, -0.05) is 24.3 Å². The quantitative estimate of drug-likeness (QED) is 0.838. The molecule has 6 heteroatoms. The molecule has 0 radical (unpaired) electrons. The maximum absolute atomic E-state index is 12.5. The van der Waals surface area contributed by atoms with Gasteiger partial charge in [-0.2, -0.15) is 5.10 Å². The number of hydrogen-bond acceptors (Lipinski definition) is 4. The van der Waals surface area contributed by atoms with Crippen molar-refractivity contribution in [2.24, 2.45) is 0 Å². The molecule has 2 heterocycles. The monoisotopic (exact) mass is 299 g/mol. The molecule has 1 aliphatic heterocycles. The van der Waals surface area contributed by atoms with Gasteiger partial charge < -0.3 is 14.7 Å². The van der Waals surface area contributed by atoms with Gasteiger partial charge in [0, 0.05) is 12.1 Å². The lowest BCUT2D eigenvalue weighted by Gasteiger charge is -2.21. The minimum absolute atomic E-state index is 0.0842. The number of rotatable bonds is 4. The second-order valence-corrected chi connectivity index (χ2v) is 5.03. The van der Waals surface area contributed by atoms with E-state index in [9.17, 15) is 9.90 Å². The number of aromatic amines is 1. The Morgan fingerprint density at radius 3 is 3.14 bits per heavy atom. The van der Waals surface area contributed by atoms with Crippen LogP contribution in [0, 0.1) is 0 Å². The molecule has 3 rings (SSSR count). The van der Waals surface area contributed by atoms with Crippen molar-refractivity contribution >= 4 is 5.91 Å². The summed E-state index contributed by atoms with van der Waals surface area (Å²) in [6.07, 6.45) is 3.70. The summed E-state index contributed by atoms with van der Waals surface area (Å²) in [5.74, 6) is 0.558. The predicted octanol–water partition coefficient (Wildman–Crippen LogP) is 1.46. The largest absolute Gasteiger partial charge is 0.497 e. The number of hydrogen-bond donors (Lipinski definition) is 2. The van der Waals surface area contributed by atoms with Gasteiger partial charge in [-0.05, 0) is 18.2 Å². The molecule has 1 unspecified atom stereocenters. The molecular formula is C16H17N3O3. The molecule has 1 atom stereocenters. The second kappa shape index (κ2) is 6.03. The van der Waals surface area contributed by atoms with Crippen molar-refractivity contribution in [2.75, 3.05) is 20.3 Å². The second-order valence-electron chi connectivity index (χ2n) is 5.03. The Morgan fingerprint density at radius 1 is 1.50 bits per heavy atom. The summed E-state index contributed by atoms with van der Waals surface area (Å²) in [6.45, 7) is 0.413. The van der Waals surface area contributed by atoms with E-state index in [1.54, 1.807) is 18.1 Å². The molecule has 1 aliphatic rings. The molecule has 0 bridgehead atoms. The summed E-state index contributed by atoms with van der Waals surface area (Å²) in [5, 5.41) is 16.3. The number of H-pyrrole nitrogens is 1. The molecule has 22 heavy (non-hydrogen) atoms. The van der Waals surface area contributed by atoms with Gasteiger partial charge in [0.2, 0.25) is 0 Å². The van der Waals surface area contributed by atoms with Crippen LogP contribution in [0.3, 0.4) is 0 Å². The first-order valence-electron chi connectivity index (χ1n) is 7.01. The maximum Gasteiger partial charge on any atom is 0.272 e. The van der Waals surface area contributed by atoms with Crippen LogP contribution < -0.4 is 4.74 Å². The Bertz CT molecular complexity index is 708. The molecule has 1 aromatic heterocycles. The van der Waals surface area contributed by atoms with E-state index in [1.165, 1.54) is 0 Å². The third-order valence-electron chi connectivity index (χ3n) is 3.68. The number of nitrogens with one attached hydrogen (secondary N) is 1. The Kier molecular flexibility index (Phi) is 3.93. The van der Waals surface area contributed by atoms with E-state index in [0.717, 1.165) is 11.3 Å². The maximum atomic E-state index is 12.5. The summed E-state index contributed by atoms with van der Waals surface area (Å²) in [5.41, 5.74) is 1.95. The number of aromatic nitrogens is 2. The van der Waals surface area contributed by atoms with Crippen LogP contribution in [0.4, 0.5) is 0 Å². The van der Waals surface area contributed by atoms with E-state index in [1.807, 2.05) is 36.4 Å². The molecule has 0 aliphatic carbocycles. The topological polar surface area (TPSA) is 78.5 Å². The van der Waals surface area contributed by atoms with Crippen molar-refractivity contribution in [1.82, 2.24) is 15.1 Å². The van der Waals surface area contributed by atoms with Crippen LogP contribution in [0.1, 0.15) is 10.5 Å². The van der Waals surface area contributed by atoms with Crippen molar-refractivity contribution in [2.45, 2.75) is 6.04 Å². The molecule has 6 nitrogen and oxygen atoms in total. The highest BCUT2D eigenvalue weighted by Gasteiger charge is 2.26. The molecule has 0 fully saturated rings. The Hall–Kier alpha value is -2.60. The zero-order valence-corrected chi connectivity index (χ0v) is 12.2. The van der Waals surface area contributed by atoms with Gasteiger partial charge in [0.1, 0.15) is 11.4 Å². The normalized spacial score (nSPS) is 17.0. The first kappa shape index (κ1) is 14.3. The molecular weight excluding hydrogens is 282 g/mol. The lowest BCUT2D eigenvalue weighted by molar-refractivity contribution is 0.0694. The van der Waals surface area contributed by atoms with Crippen molar-refractivity contribution in [3.05, 3.63) is 48.2 Å². The number of benzene rings is 1. The lowest BCUT2D eigenvalue weighted by Crippen LogP contribution is -2.38. The SMILES string of the molecule is COc1cccc(-c2cc(C(=O)N3CC=CC3CO)[nH]n2)c1. The standard InChI is InChI=1S/C16H17N3O3/c1-22-13-6-2-4-11(8-13)14-9-15(18-17-14)16(21)19-7-3-5-12(19)10-20/h2-6,8-9,12,20H,7,10H2,1H3,(H,17,18). The average molecular weight is 299 g/mol. The smallest absolute Gasteiger partial charge is 0.272 e. The van der Waals surface area contributed by atoms with E-state index >= 15 is 0 Å².